The standard InChI is InChI=1S/C37H30O8/c1-2-10-28-30(18-17-26-29(38)22-32(37(40)41)45-36(26)28)43-20-9-19-42-25-15-16-27-31(21-25)44-35(24-13-7-4-8-14-24)33(34(27)39)23-11-5-3-6-12-23/h3-8,11-18,21-22H,2,9-10,19-20H2,1H3,(H,40,41). The molecule has 4 aromatic carbocycles. The van der Waals surface area contributed by atoms with E-state index in [1.54, 1.807) is 30.3 Å². The van der Waals surface area contributed by atoms with Crippen molar-refractivity contribution in [2.75, 3.05) is 13.2 Å². The quantitative estimate of drug-likeness (QED) is 0.150. The molecule has 8 heteroatoms. The summed E-state index contributed by atoms with van der Waals surface area (Å²) in [6, 6.07) is 28.5. The molecular formula is C37H30O8. The van der Waals surface area contributed by atoms with Crippen molar-refractivity contribution in [3.05, 3.63) is 129 Å². The van der Waals surface area contributed by atoms with Crippen molar-refractivity contribution >= 4 is 27.9 Å². The van der Waals surface area contributed by atoms with Crippen LogP contribution in [0, 0.1) is 0 Å². The number of rotatable bonds is 11. The molecule has 0 aliphatic heterocycles. The number of fused-ring (bicyclic) bond motifs is 2. The summed E-state index contributed by atoms with van der Waals surface area (Å²) in [5, 5.41) is 10.1. The first-order valence-corrected chi connectivity index (χ1v) is 14.7. The molecule has 0 radical (unpaired) electrons. The number of benzene rings is 4. The molecule has 1 N–H and O–H groups in total. The highest BCUT2D eigenvalue weighted by Crippen LogP contribution is 2.34. The Bertz CT molecular complexity index is 2110. The summed E-state index contributed by atoms with van der Waals surface area (Å²) in [5.41, 5.74) is 2.88. The average molecular weight is 603 g/mol. The summed E-state index contributed by atoms with van der Waals surface area (Å²) in [6.07, 6.45) is 1.83. The predicted octanol–water partition coefficient (Wildman–Crippen LogP) is 7.73. The van der Waals surface area contributed by atoms with Crippen molar-refractivity contribution < 1.29 is 28.2 Å². The van der Waals surface area contributed by atoms with Gasteiger partial charge in [-0.15, -0.1) is 0 Å². The van der Waals surface area contributed by atoms with E-state index in [1.807, 2.05) is 67.6 Å². The van der Waals surface area contributed by atoms with Gasteiger partial charge in [-0.2, -0.15) is 0 Å². The lowest BCUT2D eigenvalue weighted by Crippen LogP contribution is -2.10. The largest absolute Gasteiger partial charge is 0.493 e. The van der Waals surface area contributed by atoms with E-state index in [0.29, 0.717) is 70.8 Å². The normalized spacial score (nSPS) is 11.1. The van der Waals surface area contributed by atoms with Gasteiger partial charge in [0.1, 0.15) is 28.4 Å². The number of ether oxygens (including phenoxy) is 2. The van der Waals surface area contributed by atoms with Crippen LogP contribution in [0.25, 0.3) is 44.4 Å². The van der Waals surface area contributed by atoms with Gasteiger partial charge in [-0.25, -0.2) is 4.79 Å². The van der Waals surface area contributed by atoms with Crippen LogP contribution >= 0.6 is 0 Å². The van der Waals surface area contributed by atoms with E-state index in [-0.39, 0.29) is 11.0 Å². The number of carboxylic acid groups (broad SMARTS) is 1. The third-order valence-corrected chi connectivity index (χ3v) is 7.45. The van der Waals surface area contributed by atoms with Crippen molar-refractivity contribution in [3.63, 3.8) is 0 Å². The van der Waals surface area contributed by atoms with Crippen molar-refractivity contribution in [1.82, 2.24) is 0 Å². The summed E-state index contributed by atoms with van der Waals surface area (Å²) < 4.78 is 24.0. The van der Waals surface area contributed by atoms with Crippen LogP contribution in [0.15, 0.2) is 115 Å². The van der Waals surface area contributed by atoms with Crippen LogP contribution in [0.5, 0.6) is 11.5 Å². The molecule has 0 saturated carbocycles. The highest BCUT2D eigenvalue weighted by Gasteiger charge is 2.19. The minimum absolute atomic E-state index is 0.120. The molecule has 0 amide bonds. The van der Waals surface area contributed by atoms with Gasteiger partial charge in [0, 0.05) is 29.7 Å². The molecule has 2 aromatic heterocycles. The SMILES string of the molecule is CCCc1c(OCCCOc2ccc3c(=O)c(-c4ccccc4)c(-c4ccccc4)oc3c2)ccc2c(=O)cc(C(=O)O)oc12. The van der Waals surface area contributed by atoms with Gasteiger partial charge >= 0.3 is 5.97 Å². The molecule has 0 aliphatic rings. The Balaban J connectivity index is 1.20. The van der Waals surface area contributed by atoms with E-state index < -0.39 is 17.2 Å². The van der Waals surface area contributed by atoms with Gasteiger partial charge in [-0.05, 0) is 36.2 Å². The zero-order valence-electron chi connectivity index (χ0n) is 24.6. The third kappa shape index (κ3) is 6.08. The molecule has 0 atom stereocenters. The lowest BCUT2D eigenvalue weighted by Gasteiger charge is -2.14. The molecule has 0 unspecified atom stereocenters. The lowest BCUT2D eigenvalue weighted by atomic mass is 9.98. The van der Waals surface area contributed by atoms with Crippen molar-refractivity contribution in [1.29, 1.82) is 0 Å². The second kappa shape index (κ2) is 12.9. The second-order valence-corrected chi connectivity index (χ2v) is 10.5. The van der Waals surface area contributed by atoms with Gasteiger partial charge in [-0.3, -0.25) is 9.59 Å². The van der Waals surface area contributed by atoms with Gasteiger partial charge in [0.05, 0.1) is 29.5 Å². The Hall–Kier alpha value is -5.63. The molecule has 0 saturated heterocycles. The molecule has 2 heterocycles. The highest BCUT2D eigenvalue weighted by atomic mass is 16.5. The molecule has 45 heavy (non-hydrogen) atoms. The third-order valence-electron chi connectivity index (χ3n) is 7.45. The molecule has 6 aromatic rings. The van der Waals surface area contributed by atoms with Crippen LogP contribution in [0.4, 0.5) is 0 Å². The molecule has 0 spiro atoms. The minimum atomic E-state index is -1.30. The summed E-state index contributed by atoms with van der Waals surface area (Å²) in [5.74, 6) is -0.133. The Morgan fingerprint density at radius 2 is 1.47 bits per heavy atom. The Morgan fingerprint density at radius 3 is 2.18 bits per heavy atom. The number of carboxylic acids is 1. The van der Waals surface area contributed by atoms with Gasteiger partial charge in [0.25, 0.3) is 0 Å². The first-order valence-electron chi connectivity index (χ1n) is 14.7. The number of aromatic carboxylic acids is 1. The van der Waals surface area contributed by atoms with E-state index in [1.165, 1.54) is 0 Å². The van der Waals surface area contributed by atoms with Crippen LogP contribution in [0.1, 0.15) is 35.9 Å². The van der Waals surface area contributed by atoms with Crippen LogP contribution in [-0.4, -0.2) is 24.3 Å². The van der Waals surface area contributed by atoms with Gasteiger partial charge < -0.3 is 23.4 Å². The maximum absolute atomic E-state index is 13.7. The number of aryl methyl sites for hydroxylation is 1. The zero-order valence-corrected chi connectivity index (χ0v) is 24.6. The minimum Gasteiger partial charge on any atom is -0.493 e. The number of hydrogen-bond acceptors (Lipinski definition) is 7. The molecular weight excluding hydrogens is 572 g/mol. The monoisotopic (exact) mass is 602 g/mol. The van der Waals surface area contributed by atoms with E-state index in [2.05, 4.69) is 0 Å². The van der Waals surface area contributed by atoms with Crippen molar-refractivity contribution in [3.8, 4) is 33.9 Å². The summed E-state index contributed by atoms with van der Waals surface area (Å²) >= 11 is 0. The van der Waals surface area contributed by atoms with Crippen LogP contribution in [0.3, 0.4) is 0 Å². The predicted molar refractivity (Wildman–Crippen MR) is 172 cm³/mol. The molecule has 226 valence electrons. The van der Waals surface area contributed by atoms with Crippen molar-refractivity contribution in [2.24, 2.45) is 0 Å². The second-order valence-electron chi connectivity index (χ2n) is 10.5. The van der Waals surface area contributed by atoms with Gasteiger partial charge in [-0.1, -0.05) is 74.0 Å². The first kappa shape index (κ1) is 29.4. The van der Waals surface area contributed by atoms with Crippen LogP contribution in [-0.2, 0) is 6.42 Å². The maximum atomic E-state index is 13.7. The fourth-order valence-electron chi connectivity index (χ4n) is 5.34. The topological polar surface area (TPSA) is 116 Å². The summed E-state index contributed by atoms with van der Waals surface area (Å²) in [4.78, 5) is 37.7. The van der Waals surface area contributed by atoms with E-state index >= 15 is 0 Å². The fourth-order valence-corrected chi connectivity index (χ4v) is 5.34. The maximum Gasteiger partial charge on any atom is 0.371 e. The van der Waals surface area contributed by atoms with Gasteiger partial charge in [0.15, 0.2) is 5.43 Å². The van der Waals surface area contributed by atoms with E-state index in [4.69, 9.17) is 18.3 Å². The lowest BCUT2D eigenvalue weighted by molar-refractivity contribution is 0.0663. The average Bonchev–Trinajstić information content (AvgIpc) is 3.06. The fraction of sp³-hybridized carbons (Fsp3) is 0.162. The first-order chi connectivity index (χ1) is 21.9. The molecule has 8 nitrogen and oxygen atoms in total. The van der Waals surface area contributed by atoms with E-state index in [0.717, 1.165) is 23.6 Å². The zero-order chi connectivity index (χ0) is 31.3. The summed E-state index contributed by atoms with van der Waals surface area (Å²) in [6.45, 7) is 2.62. The van der Waals surface area contributed by atoms with Crippen LogP contribution in [0.2, 0.25) is 0 Å². The molecule has 0 bridgehead atoms. The Morgan fingerprint density at radius 1 is 0.778 bits per heavy atom. The number of hydrogen-bond donors (Lipinski definition) is 1. The Kier molecular flexibility index (Phi) is 8.46. The Labute approximate surface area is 258 Å². The molecule has 6 rings (SSSR count). The van der Waals surface area contributed by atoms with Crippen LogP contribution < -0.4 is 20.3 Å². The highest BCUT2D eigenvalue weighted by molar-refractivity contribution is 5.90. The summed E-state index contributed by atoms with van der Waals surface area (Å²) in [7, 11) is 0. The van der Waals surface area contributed by atoms with E-state index in [9.17, 15) is 19.5 Å². The number of carbonyl (C=O) groups is 1. The molecule has 0 fully saturated rings. The smallest absolute Gasteiger partial charge is 0.371 e. The van der Waals surface area contributed by atoms with Crippen molar-refractivity contribution in [2.45, 2.75) is 26.2 Å². The van der Waals surface area contributed by atoms with Gasteiger partial charge in [0.2, 0.25) is 11.2 Å². The molecule has 0 aliphatic carbocycles.